The molecule has 1 aliphatic rings. The van der Waals surface area contributed by atoms with Gasteiger partial charge in [-0.15, -0.1) is 0 Å². The van der Waals surface area contributed by atoms with Gasteiger partial charge in [0.25, 0.3) is 0 Å². The number of carbonyl (C=O) groups is 1. The molecule has 0 saturated carbocycles. The highest BCUT2D eigenvalue weighted by molar-refractivity contribution is 6.33. The van der Waals surface area contributed by atoms with Crippen molar-refractivity contribution >= 4 is 29.1 Å². The van der Waals surface area contributed by atoms with E-state index in [0.29, 0.717) is 22.4 Å². The SMILES string of the molecule is C[C@H](N)[C@@H]1CCCN(C(=O)Cc2cc(Cl)ccc2Cl)C1. The van der Waals surface area contributed by atoms with E-state index in [1.54, 1.807) is 18.2 Å². The Hall–Kier alpha value is -0.770. The maximum atomic E-state index is 12.4. The number of likely N-dealkylation sites (tertiary alicyclic amines) is 1. The molecule has 2 rings (SSSR count). The van der Waals surface area contributed by atoms with E-state index in [-0.39, 0.29) is 11.9 Å². The fourth-order valence-corrected chi connectivity index (χ4v) is 3.00. The van der Waals surface area contributed by atoms with Gasteiger partial charge in [-0.1, -0.05) is 23.2 Å². The maximum absolute atomic E-state index is 12.4. The second-order valence-corrected chi connectivity index (χ2v) is 6.36. The van der Waals surface area contributed by atoms with Gasteiger partial charge in [0, 0.05) is 29.2 Å². The molecular formula is C15H20Cl2N2O. The molecule has 110 valence electrons. The Labute approximate surface area is 130 Å². The van der Waals surface area contributed by atoms with Gasteiger partial charge in [0.1, 0.15) is 0 Å². The Bertz CT molecular complexity index is 491. The molecule has 1 aromatic rings. The minimum Gasteiger partial charge on any atom is -0.342 e. The van der Waals surface area contributed by atoms with E-state index in [2.05, 4.69) is 0 Å². The first-order chi connectivity index (χ1) is 9.47. The van der Waals surface area contributed by atoms with Gasteiger partial charge in [0.05, 0.1) is 6.42 Å². The highest BCUT2D eigenvalue weighted by Crippen LogP contribution is 2.23. The van der Waals surface area contributed by atoms with E-state index in [9.17, 15) is 4.79 Å². The number of carbonyl (C=O) groups excluding carboxylic acids is 1. The largest absolute Gasteiger partial charge is 0.342 e. The average molecular weight is 315 g/mol. The van der Waals surface area contributed by atoms with Crippen molar-refractivity contribution in [1.82, 2.24) is 4.90 Å². The zero-order valence-corrected chi connectivity index (χ0v) is 13.1. The number of benzene rings is 1. The van der Waals surface area contributed by atoms with Crippen molar-refractivity contribution in [1.29, 1.82) is 0 Å². The number of piperidine rings is 1. The Balaban J connectivity index is 2.02. The minimum atomic E-state index is 0.0968. The standard InChI is InChI=1S/C15H20Cl2N2O/c1-10(18)11-3-2-6-19(9-11)15(20)8-12-7-13(16)4-5-14(12)17/h4-5,7,10-11H,2-3,6,8-9,18H2,1H3/t10-,11+/m0/s1. The summed E-state index contributed by atoms with van der Waals surface area (Å²) in [6.07, 6.45) is 2.41. The lowest BCUT2D eigenvalue weighted by Crippen LogP contribution is -2.45. The summed E-state index contributed by atoms with van der Waals surface area (Å²) in [5.74, 6) is 0.488. The lowest BCUT2D eigenvalue weighted by Gasteiger charge is -2.34. The average Bonchev–Trinajstić information content (AvgIpc) is 2.43. The van der Waals surface area contributed by atoms with Gasteiger partial charge in [0.15, 0.2) is 0 Å². The van der Waals surface area contributed by atoms with Crippen molar-refractivity contribution in [2.75, 3.05) is 13.1 Å². The monoisotopic (exact) mass is 314 g/mol. The van der Waals surface area contributed by atoms with Crippen LogP contribution in [0.4, 0.5) is 0 Å². The predicted molar refractivity (Wildman–Crippen MR) is 83.1 cm³/mol. The number of hydrogen-bond acceptors (Lipinski definition) is 2. The molecule has 1 heterocycles. The van der Waals surface area contributed by atoms with Crippen LogP contribution in [0.15, 0.2) is 18.2 Å². The quantitative estimate of drug-likeness (QED) is 0.931. The second kappa shape index (κ2) is 6.79. The first-order valence-electron chi connectivity index (χ1n) is 6.94. The third-order valence-electron chi connectivity index (χ3n) is 3.90. The topological polar surface area (TPSA) is 46.3 Å². The smallest absolute Gasteiger partial charge is 0.227 e. The lowest BCUT2D eigenvalue weighted by molar-refractivity contribution is -0.132. The summed E-state index contributed by atoms with van der Waals surface area (Å²) in [5, 5.41) is 1.19. The van der Waals surface area contributed by atoms with Gasteiger partial charge >= 0.3 is 0 Å². The number of nitrogens with zero attached hydrogens (tertiary/aromatic N) is 1. The van der Waals surface area contributed by atoms with Crippen LogP contribution in [0, 0.1) is 5.92 Å². The van der Waals surface area contributed by atoms with Crippen LogP contribution < -0.4 is 5.73 Å². The van der Waals surface area contributed by atoms with Gasteiger partial charge in [-0.25, -0.2) is 0 Å². The van der Waals surface area contributed by atoms with E-state index >= 15 is 0 Å². The minimum absolute atomic E-state index is 0.0968. The number of hydrogen-bond donors (Lipinski definition) is 1. The summed E-state index contributed by atoms with van der Waals surface area (Å²) in [5.41, 5.74) is 6.73. The Morgan fingerprint density at radius 1 is 1.50 bits per heavy atom. The molecule has 0 spiro atoms. The molecule has 1 amide bonds. The van der Waals surface area contributed by atoms with Gasteiger partial charge in [-0.3, -0.25) is 4.79 Å². The van der Waals surface area contributed by atoms with Crippen molar-refractivity contribution in [3.63, 3.8) is 0 Å². The third kappa shape index (κ3) is 3.87. The van der Waals surface area contributed by atoms with Gasteiger partial charge in [0.2, 0.25) is 5.91 Å². The number of nitrogens with two attached hydrogens (primary N) is 1. The van der Waals surface area contributed by atoms with Crippen LogP contribution in [0.2, 0.25) is 10.0 Å². The van der Waals surface area contributed by atoms with Gasteiger partial charge in [-0.05, 0) is 49.4 Å². The van der Waals surface area contributed by atoms with Crippen LogP contribution in [-0.2, 0) is 11.2 Å². The zero-order chi connectivity index (χ0) is 14.7. The molecule has 3 nitrogen and oxygen atoms in total. The first-order valence-corrected chi connectivity index (χ1v) is 7.70. The predicted octanol–water partition coefficient (Wildman–Crippen LogP) is 3.12. The molecule has 1 aliphatic heterocycles. The third-order valence-corrected chi connectivity index (χ3v) is 4.51. The number of halogens is 2. The van der Waals surface area contributed by atoms with Crippen molar-refractivity contribution in [2.24, 2.45) is 11.7 Å². The van der Waals surface area contributed by atoms with Gasteiger partial charge < -0.3 is 10.6 Å². The molecule has 0 radical (unpaired) electrons. The van der Waals surface area contributed by atoms with Crippen molar-refractivity contribution < 1.29 is 4.79 Å². The fraction of sp³-hybridized carbons (Fsp3) is 0.533. The van der Waals surface area contributed by atoms with Crippen molar-refractivity contribution in [2.45, 2.75) is 32.2 Å². The van der Waals surface area contributed by atoms with E-state index < -0.39 is 0 Å². The van der Waals surface area contributed by atoms with Crippen molar-refractivity contribution in [3.8, 4) is 0 Å². The highest BCUT2D eigenvalue weighted by atomic mass is 35.5. The Morgan fingerprint density at radius 2 is 2.25 bits per heavy atom. The molecular weight excluding hydrogens is 295 g/mol. The molecule has 1 saturated heterocycles. The maximum Gasteiger partial charge on any atom is 0.227 e. The molecule has 0 aliphatic carbocycles. The first kappa shape index (κ1) is 15.6. The zero-order valence-electron chi connectivity index (χ0n) is 11.6. The van der Waals surface area contributed by atoms with Crippen LogP contribution in [0.25, 0.3) is 0 Å². The lowest BCUT2D eigenvalue weighted by atomic mass is 9.92. The molecule has 5 heteroatoms. The van der Waals surface area contributed by atoms with Crippen molar-refractivity contribution in [3.05, 3.63) is 33.8 Å². The summed E-state index contributed by atoms with van der Waals surface area (Å²) in [4.78, 5) is 14.3. The molecule has 1 aromatic carbocycles. The molecule has 0 bridgehead atoms. The molecule has 2 N–H and O–H groups in total. The summed E-state index contributed by atoms with van der Waals surface area (Å²) in [6, 6.07) is 5.34. The summed E-state index contributed by atoms with van der Waals surface area (Å²) < 4.78 is 0. The fourth-order valence-electron chi connectivity index (χ4n) is 2.62. The van der Waals surface area contributed by atoms with Crippen LogP contribution in [-0.4, -0.2) is 29.9 Å². The van der Waals surface area contributed by atoms with Crippen LogP contribution in [0.3, 0.4) is 0 Å². The van der Waals surface area contributed by atoms with E-state index in [4.69, 9.17) is 28.9 Å². The van der Waals surface area contributed by atoms with Crippen LogP contribution in [0.5, 0.6) is 0 Å². The molecule has 0 aromatic heterocycles. The summed E-state index contributed by atoms with van der Waals surface area (Å²) in [6.45, 7) is 3.56. The normalized spacial score (nSPS) is 20.8. The van der Waals surface area contributed by atoms with Crippen LogP contribution >= 0.6 is 23.2 Å². The van der Waals surface area contributed by atoms with E-state index in [1.807, 2.05) is 11.8 Å². The summed E-state index contributed by atoms with van der Waals surface area (Å²) >= 11 is 12.1. The molecule has 20 heavy (non-hydrogen) atoms. The second-order valence-electron chi connectivity index (χ2n) is 5.51. The molecule has 2 atom stereocenters. The molecule has 0 unspecified atom stereocenters. The van der Waals surface area contributed by atoms with Crippen LogP contribution in [0.1, 0.15) is 25.3 Å². The number of amides is 1. The number of rotatable bonds is 3. The Kier molecular flexibility index (Phi) is 5.30. The van der Waals surface area contributed by atoms with E-state index in [1.165, 1.54) is 0 Å². The van der Waals surface area contributed by atoms with E-state index in [0.717, 1.165) is 31.5 Å². The van der Waals surface area contributed by atoms with Gasteiger partial charge in [-0.2, -0.15) is 0 Å². The summed E-state index contributed by atoms with van der Waals surface area (Å²) in [7, 11) is 0. The highest BCUT2D eigenvalue weighted by Gasteiger charge is 2.26. The Morgan fingerprint density at radius 3 is 2.95 bits per heavy atom. The molecule has 1 fully saturated rings.